The zero-order valence-corrected chi connectivity index (χ0v) is 20.3. The van der Waals surface area contributed by atoms with Crippen molar-refractivity contribution in [2.75, 3.05) is 19.6 Å². The molecule has 3 aromatic rings. The van der Waals surface area contributed by atoms with E-state index in [0.29, 0.717) is 12.1 Å². The van der Waals surface area contributed by atoms with Crippen molar-refractivity contribution in [3.05, 3.63) is 53.6 Å². The van der Waals surface area contributed by atoms with Gasteiger partial charge in [-0.3, -0.25) is 9.59 Å². The van der Waals surface area contributed by atoms with Crippen LogP contribution in [0.2, 0.25) is 0 Å². The molecule has 2 amide bonds. The standard InChI is InChI=1S/C26H27F4N5O2/c1-16-14-33(11-12-34(16)24(36)18-5-3-2-4-6-18)25(37)22-15-35-23(31-22)20(26(28,29)30)13-21(32-35)17-7-9-19(27)10-8-17/h7-10,13,15-16,18H,2-6,11-12,14H2,1H3/t16-/m0/s1. The number of imidazole rings is 1. The number of alkyl halides is 3. The zero-order valence-electron chi connectivity index (χ0n) is 20.3. The second kappa shape index (κ2) is 9.75. The van der Waals surface area contributed by atoms with Crippen molar-refractivity contribution in [1.29, 1.82) is 0 Å². The smallest absolute Gasteiger partial charge is 0.336 e. The highest BCUT2D eigenvalue weighted by atomic mass is 19.4. The van der Waals surface area contributed by atoms with Crippen LogP contribution in [0.3, 0.4) is 0 Å². The average molecular weight is 518 g/mol. The second-order valence-electron chi connectivity index (χ2n) is 9.81. The van der Waals surface area contributed by atoms with Gasteiger partial charge in [-0.15, -0.1) is 0 Å². The molecule has 1 aliphatic carbocycles. The highest BCUT2D eigenvalue weighted by Gasteiger charge is 2.37. The quantitative estimate of drug-likeness (QED) is 0.468. The summed E-state index contributed by atoms with van der Waals surface area (Å²) in [5, 5.41) is 4.21. The fourth-order valence-electron chi connectivity index (χ4n) is 5.27. The Bertz CT molecular complexity index is 1310. The normalized spacial score (nSPS) is 19.4. The van der Waals surface area contributed by atoms with Gasteiger partial charge in [0, 0.05) is 37.2 Å². The van der Waals surface area contributed by atoms with Crippen molar-refractivity contribution in [3.8, 4) is 11.3 Å². The van der Waals surface area contributed by atoms with Crippen molar-refractivity contribution in [1.82, 2.24) is 24.4 Å². The molecular weight excluding hydrogens is 490 g/mol. The molecule has 2 aromatic heterocycles. The molecule has 0 N–H and O–H groups in total. The predicted octanol–water partition coefficient (Wildman–Crippen LogP) is 4.81. The number of amides is 2. The van der Waals surface area contributed by atoms with Crippen molar-refractivity contribution < 1.29 is 27.2 Å². The van der Waals surface area contributed by atoms with Crippen molar-refractivity contribution >= 4 is 17.5 Å². The maximum absolute atomic E-state index is 13.9. The molecule has 7 nitrogen and oxygen atoms in total. The van der Waals surface area contributed by atoms with Crippen LogP contribution in [-0.4, -0.2) is 61.9 Å². The Kier molecular flexibility index (Phi) is 6.63. The first-order chi connectivity index (χ1) is 17.6. The third kappa shape index (κ3) is 5.03. The minimum Gasteiger partial charge on any atom is -0.336 e. The highest BCUT2D eigenvalue weighted by molar-refractivity contribution is 5.93. The number of benzene rings is 1. The Morgan fingerprint density at radius 3 is 2.38 bits per heavy atom. The molecule has 2 aliphatic rings. The maximum Gasteiger partial charge on any atom is 0.420 e. The van der Waals surface area contributed by atoms with Gasteiger partial charge in [0.15, 0.2) is 5.65 Å². The van der Waals surface area contributed by atoms with Crippen LogP contribution in [0.4, 0.5) is 17.6 Å². The van der Waals surface area contributed by atoms with Gasteiger partial charge in [0.1, 0.15) is 17.1 Å². The van der Waals surface area contributed by atoms with Crippen LogP contribution in [0.1, 0.15) is 55.1 Å². The average Bonchev–Trinajstić information content (AvgIpc) is 3.32. The van der Waals surface area contributed by atoms with E-state index in [1.807, 2.05) is 11.8 Å². The van der Waals surface area contributed by atoms with Gasteiger partial charge < -0.3 is 9.80 Å². The van der Waals surface area contributed by atoms with Crippen LogP contribution in [-0.2, 0) is 11.0 Å². The number of rotatable bonds is 3. The monoisotopic (exact) mass is 517 g/mol. The van der Waals surface area contributed by atoms with E-state index in [2.05, 4.69) is 10.1 Å². The first-order valence-corrected chi connectivity index (χ1v) is 12.4. The Hall–Kier alpha value is -3.50. The van der Waals surface area contributed by atoms with E-state index in [4.69, 9.17) is 0 Å². The number of carbonyl (C=O) groups excluding carboxylic acids is 2. The molecule has 1 atom stereocenters. The number of hydrogen-bond acceptors (Lipinski definition) is 4. The molecule has 1 aromatic carbocycles. The van der Waals surface area contributed by atoms with Gasteiger partial charge in [-0.2, -0.15) is 18.3 Å². The Balaban J connectivity index is 1.39. The van der Waals surface area contributed by atoms with Crippen LogP contribution < -0.4 is 0 Å². The SMILES string of the molecule is C[C@H]1CN(C(=O)c2cn3nc(-c4ccc(F)cc4)cc(C(F)(F)F)c3n2)CCN1C(=O)C1CCCCC1. The Morgan fingerprint density at radius 2 is 1.73 bits per heavy atom. The van der Waals surface area contributed by atoms with Gasteiger partial charge in [-0.25, -0.2) is 13.9 Å². The molecule has 2 fully saturated rings. The number of piperazine rings is 1. The van der Waals surface area contributed by atoms with E-state index in [1.54, 1.807) is 0 Å². The van der Waals surface area contributed by atoms with E-state index >= 15 is 0 Å². The van der Waals surface area contributed by atoms with E-state index < -0.39 is 29.1 Å². The molecule has 37 heavy (non-hydrogen) atoms. The molecular formula is C26H27F4N5O2. The van der Waals surface area contributed by atoms with Crippen LogP contribution in [0.15, 0.2) is 36.5 Å². The van der Waals surface area contributed by atoms with Gasteiger partial charge in [-0.1, -0.05) is 19.3 Å². The minimum absolute atomic E-state index is 0.0269. The largest absolute Gasteiger partial charge is 0.420 e. The summed E-state index contributed by atoms with van der Waals surface area (Å²) in [6.45, 7) is 2.79. The summed E-state index contributed by atoms with van der Waals surface area (Å²) in [6, 6.07) is 5.58. The summed E-state index contributed by atoms with van der Waals surface area (Å²) in [5.41, 5.74) is -1.42. The summed E-state index contributed by atoms with van der Waals surface area (Å²) >= 11 is 0. The lowest BCUT2D eigenvalue weighted by atomic mass is 9.88. The first kappa shape index (κ1) is 25.2. The van der Waals surface area contributed by atoms with Gasteiger partial charge in [0.2, 0.25) is 5.91 Å². The minimum atomic E-state index is -4.75. The predicted molar refractivity (Wildman–Crippen MR) is 127 cm³/mol. The van der Waals surface area contributed by atoms with Gasteiger partial charge in [-0.05, 0) is 50.1 Å². The number of aromatic nitrogens is 3. The molecule has 1 aliphatic heterocycles. The first-order valence-electron chi connectivity index (χ1n) is 12.4. The van der Waals surface area contributed by atoms with Crippen LogP contribution in [0.25, 0.3) is 16.9 Å². The van der Waals surface area contributed by atoms with Crippen molar-refractivity contribution in [2.45, 2.75) is 51.2 Å². The lowest BCUT2D eigenvalue weighted by Gasteiger charge is -2.41. The lowest BCUT2D eigenvalue weighted by Crippen LogP contribution is -2.56. The molecule has 5 rings (SSSR count). The van der Waals surface area contributed by atoms with Crippen LogP contribution >= 0.6 is 0 Å². The molecule has 0 radical (unpaired) electrons. The van der Waals surface area contributed by atoms with Crippen LogP contribution in [0.5, 0.6) is 0 Å². The summed E-state index contributed by atoms with van der Waals surface area (Å²) < 4.78 is 55.9. The van der Waals surface area contributed by atoms with E-state index in [-0.39, 0.29) is 42.3 Å². The van der Waals surface area contributed by atoms with Crippen LogP contribution in [0, 0.1) is 11.7 Å². The van der Waals surface area contributed by atoms with Gasteiger partial charge in [0.05, 0.1) is 11.9 Å². The molecule has 0 unspecified atom stereocenters. The summed E-state index contributed by atoms with van der Waals surface area (Å²) in [7, 11) is 0. The lowest BCUT2D eigenvalue weighted by molar-refractivity contribution is -0.140. The molecule has 3 heterocycles. The molecule has 1 saturated carbocycles. The number of hydrogen-bond donors (Lipinski definition) is 0. The number of carbonyl (C=O) groups is 2. The van der Waals surface area contributed by atoms with E-state index in [9.17, 15) is 27.2 Å². The fraction of sp³-hybridized carbons (Fsp3) is 0.462. The van der Waals surface area contributed by atoms with E-state index in [1.165, 1.54) is 23.2 Å². The molecule has 11 heteroatoms. The summed E-state index contributed by atoms with van der Waals surface area (Å²) in [6.07, 6.45) is 1.47. The molecule has 0 bridgehead atoms. The molecule has 0 spiro atoms. The molecule has 196 valence electrons. The fourth-order valence-corrected chi connectivity index (χ4v) is 5.27. The number of nitrogens with zero attached hydrogens (tertiary/aromatic N) is 5. The van der Waals surface area contributed by atoms with Crippen molar-refractivity contribution in [2.24, 2.45) is 5.92 Å². The number of halogens is 4. The second-order valence-corrected chi connectivity index (χ2v) is 9.81. The highest BCUT2D eigenvalue weighted by Crippen LogP contribution is 2.34. The summed E-state index contributed by atoms with van der Waals surface area (Å²) in [5.74, 6) is -0.886. The molecule has 1 saturated heterocycles. The van der Waals surface area contributed by atoms with Crippen molar-refractivity contribution in [3.63, 3.8) is 0 Å². The zero-order chi connectivity index (χ0) is 26.3. The number of fused-ring (bicyclic) bond motifs is 1. The topological polar surface area (TPSA) is 70.8 Å². The summed E-state index contributed by atoms with van der Waals surface area (Å²) in [4.78, 5) is 33.6. The maximum atomic E-state index is 13.9. The third-order valence-electron chi connectivity index (χ3n) is 7.24. The van der Waals surface area contributed by atoms with E-state index in [0.717, 1.165) is 54.8 Å². The Labute approximate surface area is 211 Å². The third-order valence-corrected chi connectivity index (χ3v) is 7.24. The van der Waals surface area contributed by atoms with Gasteiger partial charge >= 0.3 is 6.18 Å². The Morgan fingerprint density at radius 1 is 1.03 bits per heavy atom. The van der Waals surface area contributed by atoms with Gasteiger partial charge in [0.25, 0.3) is 5.91 Å².